The Balaban J connectivity index is 1.61. The molecule has 0 spiro atoms. The molecule has 0 saturated carbocycles. The van der Waals surface area contributed by atoms with Crippen LogP contribution in [0.3, 0.4) is 0 Å². The first-order chi connectivity index (χ1) is 11.1. The largest absolute Gasteiger partial charge is 0.468 e. The molecule has 2 aromatic rings. The van der Waals surface area contributed by atoms with E-state index in [-0.39, 0.29) is 17.8 Å². The maximum atomic E-state index is 12.8. The fourth-order valence-electron chi connectivity index (χ4n) is 3.63. The molecule has 120 valence electrons. The monoisotopic (exact) mass is 315 g/mol. The SMILES string of the molecule is COC(=O)[C@@]12COC[C@@H]1CN(C(=O)c1cc3cccnc3[nH]1)C2. The standard InChI is InChI=1S/C16H17N3O4/c1-22-15(21)16-8-19(6-11(16)7-23-9-16)14(20)12-5-10-3-2-4-17-13(10)18-12/h2-5,11H,6-9H2,1H3,(H,17,18)/t11-,16-/m0/s1. The molecule has 2 fully saturated rings. The number of carbonyl (C=O) groups excluding carboxylic acids is 2. The van der Waals surface area contributed by atoms with Crippen LogP contribution in [0.1, 0.15) is 10.5 Å². The number of nitrogens with zero attached hydrogens (tertiary/aromatic N) is 2. The highest BCUT2D eigenvalue weighted by Gasteiger charge is 2.57. The molecule has 2 atom stereocenters. The van der Waals surface area contributed by atoms with E-state index in [1.54, 1.807) is 17.2 Å². The molecule has 2 aliphatic rings. The van der Waals surface area contributed by atoms with E-state index in [4.69, 9.17) is 9.47 Å². The number of hydrogen-bond donors (Lipinski definition) is 1. The minimum absolute atomic E-state index is 0.0126. The molecule has 2 aliphatic heterocycles. The van der Waals surface area contributed by atoms with Crippen molar-refractivity contribution in [1.29, 1.82) is 0 Å². The Morgan fingerprint density at radius 1 is 1.52 bits per heavy atom. The van der Waals surface area contributed by atoms with Crippen LogP contribution in [0.5, 0.6) is 0 Å². The number of esters is 1. The van der Waals surface area contributed by atoms with Gasteiger partial charge in [0.2, 0.25) is 0 Å². The summed E-state index contributed by atoms with van der Waals surface area (Å²) in [5.41, 5.74) is 0.440. The highest BCUT2D eigenvalue weighted by Crippen LogP contribution is 2.42. The van der Waals surface area contributed by atoms with Crippen molar-refractivity contribution in [2.45, 2.75) is 0 Å². The van der Waals surface area contributed by atoms with Gasteiger partial charge < -0.3 is 19.4 Å². The number of fused-ring (bicyclic) bond motifs is 2. The Morgan fingerprint density at radius 3 is 3.17 bits per heavy atom. The number of likely N-dealkylation sites (tertiary alicyclic amines) is 1. The van der Waals surface area contributed by atoms with Gasteiger partial charge in [-0.1, -0.05) is 0 Å². The van der Waals surface area contributed by atoms with Gasteiger partial charge in [-0.05, 0) is 18.2 Å². The minimum Gasteiger partial charge on any atom is -0.468 e. The number of H-pyrrole nitrogens is 1. The summed E-state index contributed by atoms with van der Waals surface area (Å²) in [6.45, 7) is 1.61. The topological polar surface area (TPSA) is 84.5 Å². The number of ether oxygens (including phenoxy) is 2. The molecule has 0 bridgehead atoms. The lowest BCUT2D eigenvalue weighted by Gasteiger charge is -2.23. The Morgan fingerprint density at radius 2 is 2.39 bits per heavy atom. The maximum absolute atomic E-state index is 12.8. The normalized spacial score (nSPS) is 26.5. The molecule has 4 rings (SSSR count). The summed E-state index contributed by atoms with van der Waals surface area (Å²) in [5, 5.41) is 0.890. The van der Waals surface area contributed by atoms with E-state index in [9.17, 15) is 9.59 Å². The third kappa shape index (κ3) is 2.03. The first-order valence-corrected chi connectivity index (χ1v) is 7.53. The van der Waals surface area contributed by atoms with Gasteiger partial charge in [0.1, 0.15) is 16.8 Å². The number of aromatic amines is 1. The van der Waals surface area contributed by atoms with E-state index in [2.05, 4.69) is 9.97 Å². The molecule has 2 aromatic heterocycles. The van der Waals surface area contributed by atoms with Gasteiger partial charge in [-0.3, -0.25) is 9.59 Å². The second-order valence-electron chi connectivity index (χ2n) is 6.17. The van der Waals surface area contributed by atoms with E-state index < -0.39 is 5.41 Å². The van der Waals surface area contributed by atoms with Crippen LogP contribution in [0, 0.1) is 11.3 Å². The van der Waals surface area contributed by atoms with Crippen LogP contribution in [0.25, 0.3) is 11.0 Å². The molecular weight excluding hydrogens is 298 g/mol. The molecule has 0 unspecified atom stereocenters. The van der Waals surface area contributed by atoms with Crippen molar-refractivity contribution in [3.63, 3.8) is 0 Å². The number of amides is 1. The van der Waals surface area contributed by atoms with Crippen molar-refractivity contribution in [2.75, 3.05) is 33.4 Å². The summed E-state index contributed by atoms with van der Waals surface area (Å²) in [4.78, 5) is 33.9. The van der Waals surface area contributed by atoms with Gasteiger partial charge in [-0.2, -0.15) is 0 Å². The minimum atomic E-state index is -0.728. The molecule has 0 aliphatic carbocycles. The molecule has 7 nitrogen and oxygen atoms in total. The predicted molar refractivity (Wildman–Crippen MR) is 80.8 cm³/mol. The number of aromatic nitrogens is 2. The molecule has 0 radical (unpaired) electrons. The van der Waals surface area contributed by atoms with Crippen LogP contribution in [-0.4, -0.2) is 60.2 Å². The van der Waals surface area contributed by atoms with Crippen LogP contribution >= 0.6 is 0 Å². The van der Waals surface area contributed by atoms with Crippen LogP contribution < -0.4 is 0 Å². The molecule has 4 heterocycles. The number of nitrogens with one attached hydrogen (secondary N) is 1. The average molecular weight is 315 g/mol. The summed E-state index contributed by atoms with van der Waals surface area (Å²) in [6, 6.07) is 5.52. The Labute approximate surface area is 132 Å². The van der Waals surface area contributed by atoms with E-state index in [1.165, 1.54) is 7.11 Å². The molecular formula is C16H17N3O4. The van der Waals surface area contributed by atoms with Gasteiger partial charge >= 0.3 is 5.97 Å². The second-order valence-corrected chi connectivity index (χ2v) is 6.17. The first-order valence-electron chi connectivity index (χ1n) is 7.53. The quantitative estimate of drug-likeness (QED) is 0.830. The summed E-state index contributed by atoms with van der Waals surface area (Å²) in [5.74, 6) is -0.435. The van der Waals surface area contributed by atoms with E-state index >= 15 is 0 Å². The summed E-state index contributed by atoms with van der Waals surface area (Å²) in [6.07, 6.45) is 1.68. The van der Waals surface area contributed by atoms with Crippen molar-refractivity contribution in [1.82, 2.24) is 14.9 Å². The van der Waals surface area contributed by atoms with Gasteiger partial charge in [0.25, 0.3) is 5.91 Å². The van der Waals surface area contributed by atoms with E-state index in [0.29, 0.717) is 37.6 Å². The lowest BCUT2D eigenvalue weighted by atomic mass is 9.81. The van der Waals surface area contributed by atoms with Crippen molar-refractivity contribution >= 4 is 22.9 Å². The first kappa shape index (κ1) is 14.2. The smallest absolute Gasteiger partial charge is 0.316 e. The Kier molecular flexibility index (Phi) is 3.12. The number of methoxy groups -OCH3 is 1. The number of pyridine rings is 1. The third-order valence-corrected chi connectivity index (χ3v) is 4.88. The lowest BCUT2D eigenvalue weighted by Crippen LogP contribution is -2.41. The fourth-order valence-corrected chi connectivity index (χ4v) is 3.63. The van der Waals surface area contributed by atoms with Crippen LogP contribution in [0.2, 0.25) is 0 Å². The van der Waals surface area contributed by atoms with Crippen molar-refractivity contribution in [3.05, 3.63) is 30.1 Å². The Hall–Kier alpha value is -2.41. The summed E-state index contributed by atoms with van der Waals surface area (Å²) >= 11 is 0. The van der Waals surface area contributed by atoms with Gasteiger partial charge in [-0.25, -0.2) is 4.98 Å². The average Bonchev–Trinajstić information content (AvgIpc) is 3.24. The predicted octanol–water partition coefficient (Wildman–Crippen LogP) is 0.824. The van der Waals surface area contributed by atoms with Crippen molar-refractivity contribution < 1.29 is 19.1 Å². The van der Waals surface area contributed by atoms with Crippen LogP contribution in [0.15, 0.2) is 24.4 Å². The molecule has 0 aromatic carbocycles. The maximum Gasteiger partial charge on any atom is 0.316 e. The van der Waals surface area contributed by atoms with Crippen molar-refractivity contribution in [3.8, 4) is 0 Å². The molecule has 1 amide bonds. The lowest BCUT2D eigenvalue weighted by molar-refractivity contribution is -0.153. The highest BCUT2D eigenvalue weighted by molar-refractivity contribution is 5.98. The molecule has 2 saturated heterocycles. The van der Waals surface area contributed by atoms with Gasteiger partial charge in [-0.15, -0.1) is 0 Å². The van der Waals surface area contributed by atoms with Gasteiger partial charge in [0, 0.05) is 30.6 Å². The summed E-state index contributed by atoms with van der Waals surface area (Å²) in [7, 11) is 1.38. The third-order valence-electron chi connectivity index (χ3n) is 4.88. The number of carbonyl (C=O) groups is 2. The zero-order valence-electron chi connectivity index (χ0n) is 12.7. The number of hydrogen-bond acceptors (Lipinski definition) is 5. The van der Waals surface area contributed by atoms with Crippen LogP contribution in [0.4, 0.5) is 0 Å². The zero-order chi connectivity index (χ0) is 16.0. The van der Waals surface area contributed by atoms with E-state index in [0.717, 1.165) is 5.39 Å². The molecule has 1 N–H and O–H groups in total. The highest BCUT2D eigenvalue weighted by atomic mass is 16.5. The van der Waals surface area contributed by atoms with E-state index in [1.807, 2.05) is 12.1 Å². The van der Waals surface area contributed by atoms with Gasteiger partial charge in [0.05, 0.1) is 20.3 Å². The number of rotatable bonds is 2. The van der Waals surface area contributed by atoms with Gasteiger partial charge in [0.15, 0.2) is 0 Å². The van der Waals surface area contributed by atoms with Crippen LogP contribution in [-0.2, 0) is 14.3 Å². The fraction of sp³-hybridized carbons (Fsp3) is 0.438. The molecule has 7 heteroatoms. The second kappa shape index (κ2) is 5.06. The molecule has 23 heavy (non-hydrogen) atoms. The Bertz CT molecular complexity index is 753. The van der Waals surface area contributed by atoms with Crippen molar-refractivity contribution in [2.24, 2.45) is 11.3 Å². The summed E-state index contributed by atoms with van der Waals surface area (Å²) < 4.78 is 10.4. The zero-order valence-corrected chi connectivity index (χ0v) is 12.7.